The number of aliphatic hydroxyl groups excluding tert-OH is 1. The molecule has 3 unspecified atom stereocenters. The van der Waals surface area contributed by atoms with Crippen LogP contribution in [0.2, 0.25) is 0 Å². The summed E-state index contributed by atoms with van der Waals surface area (Å²) in [5, 5.41) is 20.3. The summed E-state index contributed by atoms with van der Waals surface area (Å²) < 4.78 is 5.24. The van der Waals surface area contributed by atoms with Crippen molar-refractivity contribution in [2.45, 2.75) is 113 Å². The van der Waals surface area contributed by atoms with Crippen LogP contribution in [-0.2, 0) is 22.4 Å². The number of aromatic hydroxyl groups is 1. The summed E-state index contributed by atoms with van der Waals surface area (Å²) in [5.74, 6) is 4.77. The van der Waals surface area contributed by atoms with E-state index in [9.17, 15) is 19.8 Å². The minimum absolute atomic E-state index is 0.0407. The maximum absolute atomic E-state index is 12.6. The van der Waals surface area contributed by atoms with Gasteiger partial charge in [-0.2, -0.15) is 0 Å². The number of benzene rings is 2. The number of fused-ring (bicyclic) bond motifs is 10. The van der Waals surface area contributed by atoms with Crippen LogP contribution in [0.1, 0.15) is 106 Å². The molecule has 2 aromatic carbocycles. The predicted octanol–water partition coefficient (Wildman–Crippen LogP) is 8.39. The van der Waals surface area contributed by atoms with Crippen LogP contribution in [-0.4, -0.2) is 37.7 Å². The Hall–Kier alpha value is -1.70. The highest BCUT2D eigenvalue weighted by Crippen LogP contribution is 2.63. The summed E-state index contributed by atoms with van der Waals surface area (Å²) in [6.45, 7) is 5.92. The highest BCUT2D eigenvalue weighted by atomic mass is 79.9. The second-order valence-electron chi connectivity index (χ2n) is 15.4. The third kappa shape index (κ3) is 5.26. The highest BCUT2D eigenvalue weighted by Gasteiger charge is 2.58. The Morgan fingerprint density at radius 3 is 2.18 bits per heavy atom. The van der Waals surface area contributed by atoms with Gasteiger partial charge < -0.3 is 14.9 Å². The number of aryl methyl sites for hydroxylation is 2. The number of hydrogen-bond acceptors (Lipinski definition) is 5. The Morgan fingerprint density at radius 2 is 1.49 bits per heavy atom. The van der Waals surface area contributed by atoms with Gasteiger partial charge >= 0.3 is 5.97 Å². The molecule has 0 bridgehead atoms. The molecule has 0 heterocycles. The Bertz CT molecular complexity index is 1510. The van der Waals surface area contributed by atoms with E-state index >= 15 is 0 Å². The molecule has 11 atom stereocenters. The standard InChI is InChI=1S/C20H23BrO3.C18H23BrO2/c1-11(22)24-13-4-6-14-12(9-13)3-5-16-15(14)7-8-20(2)17(16)10-18(21)19(20)23;1-18-7-6-13-12-5-3-11(20)8-10(12)2-4-14(13)15(18)9-16(19)17(18)21/h4,6,9,15-18H,3,5,7-8,10H2,1-2H3;3,5,8,13-17,20-21H,2,4,6-7,9H2,1H3/t15?,16?,17?,18-,20+;13-,14-,15+,16-,17+,18+/m11/s1. The Labute approximate surface area is 284 Å². The van der Waals surface area contributed by atoms with E-state index < -0.39 is 0 Å². The average Bonchev–Trinajstić information content (AvgIpc) is 3.39. The number of phenols is 1. The monoisotopic (exact) mass is 740 g/mol. The van der Waals surface area contributed by atoms with Gasteiger partial charge in [0.25, 0.3) is 0 Å². The third-order valence-corrected chi connectivity index (χ3v) is 15.0. The zero-order valence-electron chi connectivity index (χ0n) is 26.6. The molecule has 0 saturated heterocycles. The lowest BCUT2D eigenvalue weighted by Crippen LogP contribution is -2.44. The zero-order valence-corrected chi connectivity index (χ0v) is 29.8. The number of ether oxygens (including phenoxy) is 1. The van der Waals surface area contributed by atoms with Gasteiger partial charge in [0.2, 0.25) is 0 Å². The molecule has 0 aromatic heterocycles. The largest absolute Gasteiger partial charge is 0.508 e. The first-order valence-electron chi connectivity index (χ1n) is 17.0. The number of rotatable bonds is 1. The highest BCUT2D eigenvalue weighted by molar-refractivity contribution is 9.10. The minimum atomic E-state index is -0.273. The molecule has 6 aliphatic carbocycles. The quantitative estimate of drug-likeness (QED) is 0.174. The predicted molar refractivity (Wildman–Crippen MR) is 182 cm³/mol. The summed E-state index contributed by atoms with van der Waals surface area (Å²) in [4.78, 5) is 24.1. The van der Waals surface area contributed by atoms with Gasteiger partial charge in [0, 0.05) is 17.2 Å². The van der Waals surface area contributed by atoms with E-state index in [1.54, 1.807) is 0 Å². The number of halogens is 2. The summed E-state index contributed by atoms with van der Waals surface area (Å²) in [6, 6.07) is 12.0. The molecule has 0 aliphatic heterocycles. The minimum Gasteiger partial charge on any atom is -0.508 e. The zero-order chi connectivity index (χ0) is 31.8. The number of carbonyl (C=O) groups excluding carboxylic acids is 2. The summed E-state index contributed by atoms with van der Waals surface area (Å²) in [7, 11) is 0. The molecule has 6 aliphatic rings. The number of hydrogen-bond donors (Lipinski definition) is 2. The van der Waals surface area contributed by atoms with Crippen molar-refractivity contribution in [2.24, 2.45) is 34.5 Å². The molecule has 0 spiro atoms. The van der Waals surface area contributed by atoms with Gasteiger partial charge in [-0.25, -0.2) is 0 Å². The van der Waals surface area contributed by atoms with Crippen molar-refractivity contribution < 1.29 is 24.5 Å². The maximum atomic E-state index is 12.6. The first-order valence-corrected chi connectivity index (χ1v) is 18.9. The van der Waals surface area contributed by atoms with Crippen LogP contribution in [0.5, 0.6) is 11.5 Å². The van der Waals surface area contributed by atoms with Crippen LogP contribution in [0.15, 0.2) is 36.4 Å². The molecule has 45 heavy (non-hydrogen) atoms. The number of ketones is 1. The molecular formula is C38H46Br2O5. The summed E-state index contributed by atoms with van der Waals surface area (Å²) in [5.41, 5.74) is 5.48. The second-order valence-corrected chi connectivity index (χ2v) is 17.7. The van der Waals surface area contributed by atoms with Gasteiger partial charge in [-0.3, -0.25) is 9.59 Å². The number of alkyl halides is 2. The lowest BCUT2D eigenvalue weighted by molar-refractivity contribution is -0.132. The number of phenolic OH excluding ortho intramolecular Hbond substituents is 1. The van der Waals surface area contributed by atoms with E-state index in [1.807, 2.05) is 24.3 Å². The normalized spacial score (nSPS) is 40.8. The number of Topliss-reactive ketones (excluding diaryl/α,β-unsaturated/α-hetero) is 1. The fourth-order valence-corrected chi connectivity index (χ4v) is 13.0. The van der Waals surface area contributed by atoms with Gasteiger partial charge in [-0.05, 0) is 152 Å². The molecule has 5 nitrogen and oxygen atoms in total. The first-order chi connectivity index (χ1) is 21.4. The van der Waals surface area contributed by atoms with Crippen molar-refractivity contribution in [2.75, 3.05) is 0 Å². The number of aliphatic hydroxyl groups is 1. The second kappa shape index (κ2) is 11.8. The van der Waals surface area contributed by atoms with Gasteiger partial charge in [0.05, 0.1) is 10.9 Å². The summed E-state index contributed by atoms with van der Waals surface area (Å²) >= 11 is 7.32. The van der Waals surface area contributed by atoms with E-state index in [-0.39, 0.29) is 32.6 Å². The molecule has 4 fully saturated rings. The molecule has 242 valence electrons. The van der Waals surface area contributed by atoms with Crippen molar-refractivity contribution in [1.82, 2.24) is 0 Å². The van der Waals surface area contributed by atoms with E-state index in [2.05, 4.69) is 57.8 Å². The molecule has 0 radical (unpaired) electrons. The molecule has 0 amide bonds. The van der Waals surface area contributed by atoms with Crippen molar-refractivity contribution in [3.05, 3.63) is 58.7 Å². The third-order valence-electron chi connectivity index (χ3n) is 13.3. The van der Waals surface area contributed by atoms with Crippen LogP contribution in [0, 0.1) is 34.5 Å². The van der Waals surface area contributed by atoms with Gasteiger partial charge in [0.15, 0.2) is 5.78 Å². The Morgan fingerprint density at radius 1 is 0.867 bits per heavy atom. The molecule has 2 aromatic rings. The number of esters is 1. The van der Waals surface area contributed by atoms with Gasteiger partial charge in [-0.1, -0.05) is 57.8 Å². The first kappa shape index (κ1) is 31.9. The van der Waals surface area contributed by atoms with E-state index in [4.69, 9.17) is 4.74 Å². The molecular weight excluding hydrogens is 696 g/mol. The van der Waals surface area contributed by atoms with Crippen LogP contribution in [0.4, 0.5) is 0 Å². The summed E-state index contributed by atoms with van der Waals surface area (Å²) in [6.07, 6.45) is 10.7. The van der Waals surface area contributed by atoms with Gasteiger partial charge in [-0.15, -0.1) is 0 Å². The van der Waals surface area contributed by atoms with Crippen LogP contribution in [0.25, 0.3) is 0 Å². The molecule has 8 rings (SSSR count). The Kier molecular flexibility index (Phi) is 8.34. The van der Waals surface area contributed by atoms with Crippen LogP contribution < -0.4 is 4.74 Å². The fraction of sp³-hybridized carbons (Fsp3) is 0.632. The van der Waals surface area contributed by atoms with Crippen molar-refractivity contribution in [3.63, 3.8) is 0 Å². The topological polar surface area (TPSA) is 83.8 Å². The molecule has 2 N–H and O–H groups in total. The van der Waals surface area contributed by atoms with E-state index in [1.165, 1.54) is 42.0 Å². The maximum Gasteiger partial charge on any atom is 0.308 e. The molecule has 7 heteroatoms. The lowest BCUT2D eigenvalue weighted by atomic mass is 9.55. The van der Waals surface area contributed by atoms with Crippen molar-refractivity contribution in [3.8, 4) is 11.5 Å². The Balaban J connectivity index is 0.000000146. The molecule has 4 saturated carbocycles. The van der Waals surface area contributed by atoms with Crippen molar-refractivity contribution in [1.29, 1.82) is 0 Å². The fourth-order valence-electron chi connectivity index (χ4n) is 11.0. The van der Waals surface area contributed by atoms with Gasteiger partial charge in [0.1, 0.15) is 11.5 Å². The van der Waals surface area contributed by atoms with E-state index in [0.717, 1.165) is 51.4 Å². The van der Waals surface area contributed by atoms with Crippen molar-refractivity contribution >= 4 is 43.6 Å². The van der Waals surface area contributed by atoms with Crippen LogP contribution in [0.3, 0.4) is 0 Å². The van der Waals surface area contributed by atoms with Crippen LogP contribution >= 0.6 is 31.9 Å². The number of carbonyl (C=O) groups is 2. The lowest BCUT2D eigenvalue weighted by Gasteiger charge is -2.50. The smallest absolute Gasteiger partial charge is 0.308 e. The SMILES string of the molecule is CC(=O)Oc1ccc2c(c1)CCC1C2CC[C@]2(C)C(=O)[C@H](Br)CC12.C[C@]12CC[C@@H]3c4ccc(O)cc4CC[C@H]3[C@@H]1C[C@@H](Br)[C@@H]2O. The average molecular weight is 743 g/mol. The van der Waals surface area contributed by atoms with E-state index in [0.29, 0.717) is 52.8 Å².